The number of carbonyl (C=O) groups is 1. The number of anilines is 2. The van der Waals surface area contributed by atoms with Crippen LogP contribution in [0.3, 0.4) is 0 Å². The van der Waals surface area contributed by atoms with Crippen LogP contribution in [-0.2, 0) is 21.2 Å². The van der Waals surface area contributed by atoms with E-state index in [2.05, 4.69) is 10.0 Å². The summed E-state index contributed by atoms with van der Waals surface area (Å²) in [5, 5.41) is 3.04. The lowest BCUT2D eigenvalue weighted by molar-refractivity contribution is -0.115. The van der Waals surface area contributed by atoms with E-state index >= 15 is 0 Å². The van der Waals surface area contributed by atoms with Crippen molar-refractivity contribution in [1.82, 2.24) is 0 Å². The molecule has 1 aliphatic heterocycles. The zero-order valence-corrected chi connectivity index (χ0v) is 16.0. The van der Waals surface area contributed by atoms with Crippen molar-refractivity contribution in [2.45, 2.75) is 11.3 Å². The maximum absolute atomic E-state index is 12.9. The Balaban J connectivity index is 1.66. The SMILES string of the molecule is O=C1Cc2cc(S(=O)(=O)Nc3cc(Cl)ccc3Oc3ccccc3)ccc2N1. The number of para-hydroxylation sites is 1. The van der Waals surface area contributed by atoms with E-state index in [1.165, 1.54) is 18.2 Å². The minimum Gasteiger partial charge on any atom is -0.455 e. The first-order valence-electron chi connectivity index (χ1n) is 8.39. The van der Waals surface area contributed by atoms with Crippen LogP contribution < -0.4 is 14.8 Å². The molecule has 142 valence electrons. The maximum Gasteiger partial charge on any atom is 0.262 e. The van der Waals surface area contributed by atoms with Crippen molar-refractivity contribution in [2.75, 3.05) is 10.0 Å². The second kappa shape index (κ2) is 7.18. The summed E-state index contributed by atoms with van der Waals surface area (Å²) < 4.78 is 34.1. The van der Waals surface area contributed by atoms with Gasteiger partial charge in [-0.3, -0.25) is 9.52 Å². The number of ether oxygens (including phenoxy) is 1. The van der Waals surface area contributed by atoms with E-state index in [0.717, 1.165) is 0 Å². The number of hydrogen-bond acceptors (Lipinski definition) is 4. The van der Waals surface area contributed by atoms with E-state index in [0.29, 0.717) is 27.8 Å². The van der Waals surface area contributed by atoms with E-state index in [9.17, 15) is 13.2 Å². The van der Waals surface area contributed by atoms with Crippen LogP contribution in [-0.4, -0.2) is 14.3 Å². The molecule has 0 saturated heterocycles. The molecule has 6 nitrogen and oxygen atoms in total. The van der Waals surface area contributed by atoms with Crippen LogP contribution in [0, 0.1) is 0 Å². The average molecular weight is 415 g/mol. The predicted molar refractivity (Wildman–Crippen MR) is 108 cm³/mol. The molecule has 0 spiro atoms. The second-order valence-corrected chi connectivity index (χ2v) is 8.32. The Morgan fingerprint density at radius 2 is 1.79 bits per heavy atom. The molecule has 1 aliphatic rings. The molecule has 3 aromatic rings. The van der Waals surface area contributed by atoms with Crippen molar-refractivity contribution < 1.29 is 17.9 Å². The molecule has 0 aliphatic carbocycles. The number of halogens is 1. The molecule has 0 aromatic heterocycles. The van der Waals surface area contributed by atoms with Crippen molar-refractivity contribution in [3.8, 4) is 11.5 Å². The van der Waals surface area contributed by atoms with E-state index in [1.54, 1.807) is 30.3 Å². The zero-order valence-electron chi connectivity index (χ0n) is 14.5. The van der Waals surface area contributed by atoms with Gasteiger partial charge < -0.3 is 10.1 Å². The molecule has 8 heteroatoms. The van der Waals surface area contributed by atoms with Gasteiger partial charge in [-0.1, -0.05) is 29.8 Å². The summed E-state index contributed by atoms with van der Waals surface area (Å²) in [6.07, 6.45) is 0.151. The van der Waals surface area contributed by atoms with Gasteiger partial charge in [-0.05, 0) is 54.1 Å². The third kappa shape index (κ3) is 3.81. The summed E-state index contributed by atoms with van der Waals surface area (Å²) in [7, 11) is -3.91. The molecular weight excluding hydrogens is 400 g/mol. The molecule has 28 heavy (non-hydrogen) atoms. The largest absolute Gasteiger partial charge is 0.455 e. The topological polar surface area (TPSA) is 84.5 Å². The highest BCUT2D eigenvalue weighted by molar-refractivity contribution is 7.92. The number of amides is 1. The molecule has 1 heterocycles. The Bertz CT molecular complexity index is 1160. The third-order valence-corrected chi connectivity index (χ3v) is 5.77. The fraction of sp³-hybridized carbons (Fsp3) is 0.0500. The van der Waals surface area contributed by atoms with Gasteiger partial charge in [0.25, 0.3) is 10.0 Å². The fourth-order valence-electron chi connectivity index (χ4n) is 2.86. The van der Waals surface area contributed by atoms with Crippen LogP contribution in [0.5, 0.6) is 11.5 Å². The lowest BCUT2D eigenvalue weighted by Gasteiger charge is -2.14. The summed E-state index contributed by atoms with van der Waals surface area (Å²) in [4.78, 5) is 11.5. The van der Waals surface area contributed by atoms with Crippen molar-refractivity contribution in [3.05, 3.63) is 77.3 Å². The molecule has 0 bridgehead atoms. The second-order valence-electron chi connectivity index (χ2n) is 6.21. The predicted octanol–water partition coefficient (Wildman–Crippen LogP) is 4.43. The van der Waals surface area contributed by atoms with E-state index in [1.807, 2.05) is 18.2 Å². The molecule has 0 fully saturated rings. The lowest BCUT2D eigenvalue weighted by Crippen LogP contribution is -2.13. The maximum atomic E-state index is 12.9. The van der Waals surface area contributed by atoms with Gasteiger partial charge >= 0.3 is 0 Å². The Morgan fingerprint density at radius 3 is 2.57 bits per heavy atom. The van der Waals surface area contributed by atoms with E-state index in [-0.39, 0.29) is 22.9 Å². The number of fused-ring (bicyclic) bond motifs is 1. The summed E-state index contributed by atoms with van der Waals surface area (Å²) >= 11 is 6.05. The number of benzene rings is 3. The van der Waals surface area contributed by atoms with Crippen LogP contribution in [0.15, 0.2) is 71.6 Å². The molecule has 1 amide bonds. The quantitative estimate of drug-likeness (QED) is 0.646. The highest BCUT2D eigenvalue weighted by atomic mass is 35.5. The highest BCUT2D eigenvalue weighted by Gasteiger charge is 2.23. The molecule has 2 N–H and O–H groups in total. The number of sulfonamides is 1. The van der Waals surface area contributed by atoms with Gasteiger partial charge in [0.2, 0.25) is 5.91 Å². The van der Waals surface area contributed by atoms with Gasteiger partial charge in [-0.15, -0.1) is 0 Å². The summed E-state index contributed by atoms with van der Waals surface area (Å²) in [5.74, 6) is 0.718. The van der Waals surface area contributed by atoms with Gasteiger partial charge in [-0.25, -0.2) is 8.42 Å². The van der Waals surface area contributed by atoms with Crippen molar-refractivity contribution >= 4 is 38.9 Å². The minimum absolute atomic E-state index is 0.0494. The number of carbonyl (C=O) groups excluding carboxylic acids is 1. The van der Waals surface area contributed by atoms with Gasteiger partial charge in [0, 0.05) is 10.7 Å². The fourth-order valence-corrected chi connectivity index (χ4v) is 4.15. The molecule has 4 rings (SSSR count). The summed E-state index contributed by atoms with van der Waals surface area (Å²) in [6.45, 7) is 0. The normalized spacial score (nSPS) is 13.0. The van der Waals surface area contributed by atoms with Crippen LogP contribution in [0.2, 0.25) is 5.02 Å². The molecular formula is C20H15ClN2O4S. The zero-order chi connectivity index (χ0) is 19.7. The molecule has 0 saturated carbocycles. The summed E-state index contributed by atoms with van der Waals surface area (Å²) in [6, 6.07) is 18.2. The van der Waals surface area contributed by atoms with E-state index < -0.39 is 10.0 Å². The number of nitrogens with one attached hydrogen (secondary N) is 2. The average Bonchev–Trinajstić information content (AvgIpc) is 3.04. The standard InChI is InChI=1S/C20H15ClN2O4S/c21-14-6-9-19(27-15-4-2-1-3-5-15)18(12-14)23-28(25,26)16-7-8-17-13(10-16)11-20(24)22-17/h1-10,12,23H,11H2,(H,22,24). The van der Waals surface area contributed by atoms with Gasteiger partial charge in [0.15, 0.2) is 5.75 Å². The van der Waals surface area contributed by atoms with Gasteiger partial charge in [-0.2, -0.15) is 0 Å². The van der Waals surface area contributed by atoms with Crippen LogP contribution in [0.25, 0.3) is 0 Å². The van der Waals surface area contributed by atoms with Crippen molar-refractivity contribution in [1.29, 1.82) is 0 Å². The molecule has 0 radical (unpaired) electrons. The monoisotopic (exact) mass is 414 g/mol. The van der Waals surface area contributed by atoms with Crippen molar-refractivity contribution in [2.24, 2.45) is 0 Å². The smallest absolute Gasteiger partial charge is 0.262 e. The van der Waals surface area contributed by atoms with Gasteiger partial charge in [0.05, 0.1) is 17.0 Å². The Labute approximate surface area is 167 Å². The lowest BCUT2D eigenvalue weighted by atomic mass is 10.2. The van der Waals surface area contributed by atoms with Crippen LogP contribution in [0.4, 0.5) is 11.4 Å². The first-order valence-corrected chi connectivity index (χ1v) is 10.2. The van der Waals surface area contributed by atoms with E-state index in [4.69, 9.17) is 16.3 Å². The molecule has 0 atom stereocenters. The first-order chi connectivity index (χ1) is 13.4. The van der Waals surface area contributed by atoms with Gasteiger partial charge in [0.1, 0.15) is 5.75 Å². The summed E-state index contributed by atoms with van der Waals surface area (Å²) in [5.41, 5.74) is 1.48. The molecule has 3 aromatic carbocycles. The number of rotatable bonds is 5. The van der Waals surface area contributed by atoms with Crippen LogP contribution in [0.1, 0.15) is 5.56 Å². The third-order valence-electron chi connectivity index (χ3n) is 4.17. The highest BCUT2D eigenvalue weighted by Crippen LogP contribution is 2.34. The first kappa shape index (κ1) is 18.3. The van der Waals surface area contributed by atoms with Crippen molar-refractivity contribution in [3.63, 3.8) is 0 Å². The Morgan fingerprint density at radius 1 is 1.00 bits per heavy atom. The Kier molecular flexibility index (Phi) is 4.70. The number of hydrogen-bond donors (Lipinski definition) is 2. The minimum atomic E-state index is -3.91. The molecule has 0 unspecified atom stereocenters. The van der Waals surface area contributed by atoms with Crippen LogP contribution >= 0.6 is 11.6 Å². The Hall–Kier alpha value is -3.03.